The van der Waals surface area contributed by atoms with Gasteiger partial charge in [-0.25, -0.2) is 9.59 Å². The Morgan fingerprint density at radius 2 is 2.05 bits per heavy atom. The molecule has 0 N–H and O–H groups in total. The fourth-order valence-electron chi connectivity index (χ4n) is 3.11. The van der Waals surface area contributed by atoms with Crippen molar-refractivity contribution >= 4 is 34.5 Å². The number of carbonyl (C=O) groups is 2. The fraction of sp³-hybridized carbons (Fsp3) is 0.412. The van der Waals surface area contributed by atoms with Gasteiger partial charge in [-0.05, 0) is 72.5 Å². The maximum atomic E-state index is 12.4. The second-order valence-electron chi connectivity index (χ2n) is 5.99. The van der Waals surface area contributed by atoms with E-state index in [2.05, 4.69) is 29.5 Å². The van der Waals surface area contributed by atoms with Crippen molar-refractivity contribution in [2.24, 2.45) is 5.92 Å². The Balaban J connectivity index is 1.89. The number of benzene rings is 1. The number of hydrogen-bond donors (Lipinski definition) is 0. The summed E-state index contributed by atoms with van der Waals surface area (Å²) < 4.78 is 12.2. The Hall–Kier alpha value is -1.37. The van der Waals surface area contributed by atoms with Crippen molar-refractivity contribution in [1.29, 1.82) is 0 Å². The summed E-state index contributed by atoms with van der Waals surface area (Å²) in [6, 6.07) is 7.14. The Labute approximate surface area is 143 Å². The molecule has 116 valence electrons. The lowest BCUT2D eigenvalue weighted by atomic mass is 9.81. The zero-order chi connectivity index (χ0) is 15.9. The van der Waals surface area contributed by atoms with Crippen LogP contribution in [-0.4, -0.2) is 17.7 Å². The molecule has 0 aromatic heterocycles. The fourth-order valence-corrected chi connectivity index (χ4v) is 3.47. The minimum Gasteiger partial charge on any atom is -0.415 e. The minimum atomic E-state index is -1.20. The highest BCUT2D eigenvalue weighted by Gasteiger charge is 2.52. The normalized spacial score (nSPS) is 27.4. The SMILES string of the molecule is CC1=C2CC[C@@H](C)C[C@@]2(OC(=O)c2ccc(I)cc2)OC1=O. The number of fused-ring (bicyclic) bond motifs is 1. The largest absolute Gasteiger partial charge is 0.415 e. The van der Waals surface area contributed by atoms with Gasteiger partial charge in [0.1, 0.15) is 0 Å². The van der Waals surface area contributed by atoms with E-state index in [9.17, 15) is 9.59 Å². The average molecular weight is 412 g/mol. The molecule has 1 aliphatic carbocycles. The number of rotatable bonds is 2. The third-order valence-electron chi connectivity index (χ3n) is 4.32. The summed E-state index contributed by atoms with van der Waals surface area (Å²) in [7, 11) is 0. The summed E-state index contributed by atoms with van der Waals surface area (Å²) in [6.45, 7) is 3.83. The molecule has 0 radical (unpaired) electrons. The van der Waals surface area contributed by atoms with Gasteiger partial charge in [0.15, 0.2) is 0 Å². The van der Waals surface area contributed by atoms with Crippen LogP contribution in [-0.2, 0) is 14.3 Å². The van der Waals surface area contributed by atoms with Crippen LogP contribution in [0.3, 0.4) is 0 Å². The minimum absolute atomic E-state index is 0.340. The van der Waals surface area contributed by atoms with Crippen molar-refractivity contribution in [2.45, 2.75) is 38.9 Å². The van der Waals surface area contributed by atoms with Crippen LogP contribution in [0.25, 0.3) is 0 Å². The predicted octanol–water partition coefficient (Wildman–Crippen LogP) is 3.84. The molecule has 1 aromatic rings. The van der Waals surface area contributed by atoms with Crippen LogP contribution in [0, 0.1) is 9.49 Å². The van der Waals surface area contributed by atoms with Gasteiger partial charge in [-0.15, -0.1) is 0 Å². The van der Waals surface area contributed by atoms with Gasteiger partial charge in [-0.1, -0.05) is 6.92 Å². The van der Waals surface area contributed by atoms with Gasteiger partial charge in [0.25, 0.3) is 5.79 Å². The summed E-state index contributed by atoms with van der Waals surface area (Å²) in [5, 5.41) is 0. The van der Waals surface area contributed by atoms with Crippen molar-refractivity contribution in [1.82, 2.24) is 0 Å². The predicted molar refractivity (Wildman–Crippen MR) is 89.1 cm³/mol. The molecular formula is C17H17IO4. The number of esters is 2. The van der Waals surface area contributed by atoms with Crippen molar-refractivity contribution in [3.8, 4) is 0 Å². The lowest BCUT2D eigenvalue weighted by Crippen LogP contribution is -2.42. The Bertz CT molecular complexity index is 662. The van der Waals surface area contributed by atoms with Gasteiger partial charge in [-0.3, -0.25) is 0 Å². The molecule has 3 rings (SSSR count). The monoisotopic (exact) mass is 412 g/mol. The van der Waals surface area contributed by atoms with Crippen molar-refractivity contribution in [3.05, 3.63) is 44.5 Å². The molecular weight excluding hydrogens is 395 g/mol. The first-order valence-corrected chi connectivity index (χ1v) is 8.41. The Morgan fingerprint density at radius 3 is 2.73 bits per heavy atom. The van der Waals surface area contributed by atoms with Crippen molar-refractivity contribution in [2.75, 3.05) is 0 Å². The van der Waals surface area contributed by atoms with Gasteiger partial charge >= 0.3 is 11.9 Å². The molecule has 2 atom stereocenters. The highest BCUT2D eigenvalue weighted by atomic mass is 127. The lowest BCUT2D eigenvalue weighted by Gasteiger charge is -2.36. The zero-order valence-corrected chi connectivity index (χ0v) is 14.7. The van der Waals surface area contributed by atoms with Crippen LogP contribution in [0.4, 0.5) is 0 Å². The highest BCUT2D eigenvalue weighted by Crippen LogP contribution is 2.46. The molecule has 2 aliphatic rings. The average Bonchev–Trinajstić information content (AvgIpc) is 2.70. The first kappa shape index (κ1) is 15.5. The first-order chi connectivity index (χ1) is 10.4. The molecule has 4 nitrogen and oxygen atoms in total. The summed E-state index contributed by atoms with van der Waals surface area (Å²) in [4.78, 5) is 24.4. The summed E-state index contributed by atoms with van der Waals surface area (Å²) in [6.07, 6.45) is 2.24. The van der Waals surface area contributed by atoms with Gasteiger partial charge in [0.2, 0.25) is 0 Å². The number of halogens is 1. The first-order valence-electron chi connectivity index (χ1n) is 7.34. The van der Waals surface area contributed by atoms with E-state index in [1.807, 2.05) is 12.1 Å². The van der Waals surface area contributed by atoms with Crippen LogP contribution in [0.15, 0.2) is 35.4 Å². The third kappa shape index (κ3) is 2.66. The van der Waals surface area contributed by atoms with E-state index < -0.39 is 11.8 Å². The maximum Gasteiger partial charge on any atom is 0.341 e. The quantitative estimate of drug-likeness (QED) is 0.547. The van der Waals surface area contributed by atoms with E-state index in [0.29, 0.717) is 23.5 Å². The van der Waals surface area contributed by atoms with Crippen LogP contribution in [0.5, 0.6) is 0 Å². The summed E-state index contributed by atoms with van der Waals surface area (Å²) in [5.74, 6) is -1.68. The lowest BCUT2D eigenvalue weighted by molar-refractivity contribution is -0.191. The standard InChI is InChI=1S/C17H17IO4/c1-10-3-8-14-11(2)15(19)21-17(14,9-10)22-16(20)12-4-6-13(18)7-5-12/h4-7,10H,3,8-9H2,1-2H3/t10-,17+/m1/s1. The molecule has 0 amide bonds. The maximum absolute atomic E-state index is 12.4. The third-order valence-corrected chi connectivity index (χ3v) is 5.04. The molecule has 0 bridgehead atoms. The van der Waals surface area contributed by atoms with Gasteiger partial charge in [0, 0.05) is 21.1 Å². The second-order valence-corrected chi connectivity index (χ2v) is 7.24. The molecule has 1 heterocycles. The zero-order valence-electron chi connectivity index (χ0n) is 12.5. The second kappa shape index (κ2) is 5.68. The molecule has 1 aliphatic heterocycles. The molecule has 0 unspecified atom stereocenters. The number of carbonyl (C=O) groups excluding carboxylic acids is 2. The van der Waals surface area contributed by atoms with Crippen molar-refractivity contribution < 1.29 is 19.1 Å². The van der Waals surface area contributed by atoms with E-state index in [-0.39, 0.29) is 5.97 Å². The van der Waals surface area contributed by atoms with Crippen LogP contribution in [0.2, 0.25) is 0 Å². The molecule has 0 spiro atoms. The number of ether oxygens (including phenoxy) is 2. The Morgan fingerprint density at radius 1 is 1.36 bits per heavy atom. The van der Waals surface area contributed by atoms with Crippen LogP contribution in [0.1, 0.15) is 43.5 Å². The Kier molecular flexibility index (Phi) is 4.01. The van der Waals surface area contributed by atoms with E-state index in [4.69, 9.17) is 9.47 Å². The van der Waals surface area contributed by atoms with E-state index in [1.54, 1.807) is 19.1 Å². The van der Waals surface area contributed by atoms with E-state index in [1.165, 1.54) is 0 Å². The molecule has 5 heteroatoms. The molecule has 1 aromatic carbocycles. The van der Waals surface area contributed by atoms with Gasteiger partial charge in [0.05, 0.1) is 5.56 Å². The molecule has 22 heavy (non-hydrogen) atoms. The molecule has 1 saturated carbocycles. The summed E-state index contributed by atoms with van der Waals surface area (Å²) >= 11 is 2.18. The van der Waals surface area contributed by atoms with Crippen LogP contribution >= 0.6 is 22.6 Å². The highest BCUT2D eigenvalue weighted by molar-refractivity contribution is 14.1. The topological polar surface area (TPSA) is 52.6 Å². The van der Waals surface area contributed by atoms with Gasteiger partial charge < -0.3 is 9.47 Å². The molecule has 1 fully saturated rings. The van der Waals surface area contributed by atoms with E-state index >= 15 is 0 Å². The van der Waals surface area contributed by atoms with Crippen LogP contribution < -0.4 is 0 Å². The van der Waals surface area contributed by atoms with Gasteiger partial charge in [-0.2, -0.15) is 0 Å². The summed E-state index contributed by atoms with van der Waals surface area (Å²) in [5.41, 5.74) is 1.88. The number of hydrogen-bond acceptors (Lipinski definition) is 4. The van der Waals surface area contributed by atoms with E-state index in [0.717, 1.165) is 22.0 Å². The smallest absolute Gasteiger partial charge is 0.341 e. The molecule has 0 saturated heterocycles. The van der Waals surface area contributed by atoms with Crippen molar-refractivity contribution in [3.63, 3.8) is 0 Å².